The monoisotopic (exact) mass is 977 g/mol. The van der Waals surface area contributed by atoms with Crippen LogP contribution in [-0.2, 0) is 50.4 Å². The summed E-state index contributed by atoms with van der Waals surface area (Å²) < 4.78 is 62.0. The molecule has 5 rings (SSSR count). The van der Waals surface area contributed by atoms with Gasteiger partial charge in [0.25, 0.3) is 0 Å². The molecule has 13 nitrogen and oxygen atoms in total. The Bertz CT molecular complexity index is 1930. The van der Waals surface area contributed by atoms with Crippen LogP contribution in [-0.4, -0.2) is 118 Å². The molecule has 374 valence electrons. The van der Waals surface area contributed by atoms with Crippen molar-refractivity contribution in [1.82, 2.24) is 0 Å². The highest BCUT2D eigenvalue weighted by Gasteiger charge is 2.79. The number of benzene rings is 1. The van der Waals surface area contributed by atoms with E-state index in [1.165, 1.54) is 6.92 Å². The van der Waals surface area contributed by atoms with Crippen molar-refractivity contribution >= 4 is 43.4 Å². The minimum atomic E-state index is -3.37. The quantitative estimate of drug-likeness (QED) is 0.0844. The number of fused-ring (bicyclic) bond motifs is 5. The van der Waals surface area contributed by atoms with Crippen molar-refractivity contribution in [1.29, 1.82) is 0 Å². The molecule has 3 fully saturated rings. The van der Waals surface area contributed by atoms with E-state index in [9.17, 15) is 14.7 Å². The number of hydrogen-bond acceptors (Lipinski definition) is 13. The second-order valence-corrected chi connectivity index (χ2v) is 35.4. The van der Waals surface area contributed by atoms with Crippen molar-refractivity contribution in [3.63, 3.8) is 0 Å². The van der Waals surface area contributed by atoms with E-state index < -0.39 is 96.1 Å². The van der Waals surface area contributed by atoms with Gasteiger partial charge in [0.05, 0.1) is 35.7 Å². The van der Waals surface area contributed by atoms with Gasteiger partial charge < -0.3 is 45.9 Å². The minimum absolute atomic E-state index is 0.0164. The van der Waals surface area contributed by atoms with E-state index in [4.69, 9.17) is 40.8 Å². The van der Waals surface area contributed by atoms with Crippen molar-refractivity contribution in [3.05, 3.63) is 47.0 Å². The third kappa shape index (κ3) is 8.44. The van der Waals surface area contributed by atoms with Crippen molar-refractivity contribution < 1.29 is 60.3 Å². The molecule has 1 N–H and O–H groups in total. The summed E-state index contributed by atoms with van der Waals surface area (Å²) in [5, 5.41) is 14.5. The second-order valence-electron chi connectivity index (χ2n) is 22.2. The first-order chi connectivity index (χ1) is 30.5. The average Bonchev–Trinajstić information content (AvgIpc) is 3.23. The van der Waals surface area contributed by atoms with E-state index in [2.05, 4.69) is 83.1 Å². The molecule has 0 spiro atoms. The van der Waals surface area contributed by atoms with Crippen LogP contribution in [0.4, 0.5) is 0 Å². The van der Waals surface area contributed by atoms with E-state index >= 15 is 4.79 Å². The summed E-state index contributed by atoms with van der Waals surface area (Å²) in [6, 6.07) is 8.60. The molecule has 2 bridgehead atoms. The van der Waals surface area contributed by atoms with E-state index in [1.807, 2.05) is 27.7 Å². The molecular formula is C50H84O13Si3. The topological polar surface area (TPSA) is 155 Å². The lowest BCUT2D eigenvalue weighted by Gasteiger charge is -2.69. The molecule has 3 aliphatic carbocycles. The molecule has 9 atom stereocenters. The highest BCUT2D eigenvalue weighted by atomic mass is 28.4. The van der Waals surface area contributed by atoms with Crippen LogP contribution in [0.5, 0.6) is 0 Å². The van der Waals surface area contributed by atoms with Crippen LogP contribution in [0.25, 0.3) is 0 Å². The first-order valence-electron chi connectivity index (χ1n) is 24.3. The maximum Gasteiger partial charge on any atom is 0.344 e. The molecule has 1 saturated heterocycles. The Morgan fingerprint density at radius 2 is 1.21 bits per heavy atom. The van der Waals surface area contributed by atoms with Gasteiger partial charge in [-0.25, -0.2) is 4.79 Å². The number of ether oxygens (including phenoxy) is 3. The number of aliphatic hydroxyl groups is 1. The van der Waals surface area contributed by atoms with Crippen molar-refractivity contribution in [2.45, 2.75) is 206 Å². The maximum absolute atomic E-state index is 17.2. The Morgan fingerprint density at radius 1 is 0.742 bits per heavy atom. The fourth-order valence-electron chi connectivity index (χ4n) is 13.0. The van der Waals surface area contributed by atoms with Crippen LogP contribution in [0.15, 0.2) is 41.5 Å². The molecule has 16 heteroatoms. The van der Waals surface area contributed by atoms with Gasteiger partial charge >= 0.3 is 37.6 Å². The number of Topliss-reactive ketones (excluding diaryl/α,β-unsaturated/α-hetero) is 1. The Balaban J connectivity index is 2.02. The molecule has 1 aliphatic heterocycles. The fraction of sp³-hybridized carbons (Fsp3) is 0.780. The third-order valence-electron chi connectivity index (χ3n) is 16.6. The van der Waals surface area contributed by atoms with Crippen LogP contribution in [0.2, 0.25) is 33.2 Å². The van der Waals surface area contributed by atoms with Gasteiger partial charge in [-0.3, -0.25) is 9.59 Å². The van der Waals surface area contributed by atoms with E-state index in [0.29, 0.717) is 5.57 Å². The molecule has 0 radical (unpaired) electrons. The summed E-state index contributed by atoms with van der Waals surface area (Å²) in [6.45, 7) is 33.7. The molecule has 4 aliphatic rings. The van der Waals surface area contributed by atoms with Gasteiger partial charge in [0, 0.05) is 46.5 Å². The normalized spacial score (nSPS) is 31.5. The van der Waals surface area contributed by atoms with Crippen LogP contribution >= 0.6 is 0 Å². The summed E-state index contributed by atoms with van der Waals surface area (Å²) in [5.74, 6) is -2.92. The van der Waals surface area contributed by atoms with Crippen LogP contribution in [0.3, 0.4) is 0 Å². The number of carbonyl (C=O) groups excluding carboxylic acids is 3. The molecule has 2 unspecified atom stereocenters. The largest absolute Gasteiger partial charge is 0.455 e. The van der Waals surface area contributed by atoms with Gasteiger partial charge in [-0.05, 0) is 70.4 Å². The maximum atomic E-state index is 17.2. The Morgan fingerprint density at radius 3 is 1.64 bits per heavy atom. The van der Waals surface area contributed by atoms with Gasteiger partial charge in [0.1, 0.15) is 23.9 Å². The lowest BCUT2D eigenvalue weighted by atomic mass is 9.44. The van der Waals surface area contributed by atoms with E-state index in [-0.39, 0.29) is 64.0 Å². The number of rotatable bonds is 18. The predicted molar refractivity (Wildman–Crippen MR) is 261 cm³/mol. The van der Waals surface area contributed by atoms with Crippen molar-refractivity contribution in [2.75, 3.05) is 27.9 Å². The zero-order valence-electron chi connectivity index (χ0n) is 43.8. The summed E-state index contributed by atoms with van der Waals surface area (Å²) in [7, 11) is -4.72. The second kappa shape index (κ2) is 19.6. The molecule has 1 heterocycles. The van der Waals surface area contributed by atoms with Gasteiger partial charge in [-0.1, -0.05) is 115 Å². The number of carbonyl (C=O) groups is 3. The van der Waals surface area contributed by atoms with Crippen molar-refractivity contribution in [3.8, 4) is 0 Å². The first-order valence-corrected chi connectivity index (χ1v) is 30.2. The summed E-state index contributed by atoms with van der Waals surface area (Å²) >= 11 is 0. The Hall–Kier alpha value is -2.10. The molecule has 66 heavy (non-hydrogen) atoms. The molecule has 0 amide bonds. The number of hydrogen-bond donors (Lipinski definition) is 1. The highest BCUT2D eigenvalue weighted by Crippen LogP contribution is 2.66. The van der Waals surface area contributed by atoms with E-state index in [1.54, 1.807) is 51.7 Å². The van der Waals surface area contributed by atoms with Crippen LogP contribution in [0.1, 0.15) is 141 Å². The number of esters is 2. The lowest BCUT2D eigenvalue weighted by molar-refractivity contribution is -0.345. The minimum Gasteiger partial charge on any atom is -0.455 e. The zero-order valence-corrected chi connectivity index (χ0v) is 46.8. The number of ketones is 1. The zero-order chi connectivity index (χ0) is 49.9. The molecule has 1 aromatic carbocycles. The Kier molecular flexibility index (Phi) is 16.3. The van der Waals surface area contributed by atoms with Gasteiger partial charge in [0.2, 0.25) is 0 Å². The van der Waals surface area contributed by atoms with E-state index in [0.717, 1.165) is 5.57 Å². The SMILES string of the molecule is CO[Si](O[C@H]1C(=O)[C@@]2(C)C([C@H](OC(=O)c3ccccc3)[C@]3(O)C[C@H](O[Si](OC)(C(C)C)C(C)C)C(C)=C1C3(C)C)[C@]1(OC(C)=O)COC1C[C@@H]2O[Si](OC)(C(C)C)C(C)C)(C(C)C)C(C)C. The Labute approximate surface area is 399 Å². The first kappa shape index (κ1) is 54.8. The van der Waals surface area contributed by atoms with Gasteiger partial charge in [0.15, 0.2) is 11.4 Å². The molecule has 1 aromatic rings. The summed E-state index contributed by atoms with van der Waals surface area (Å²) in [4.78, 5) is 45.7. The molecule has 0 aromatic heterocycles. The summed E-state index contributed by atoms with van der Waals surface area (Å²) in [5.41, 5.74) is -5.54. The highest BCUT2D eigenvalue weighted by molar-refractivity contribution is 6.71. The average molecular weight is 977 g/mol. The standard InChI is InChI=1S/C50H84O13Si3/c1-29(2)64(55-18,30(3)4)61-38-27-50(54)45(59-46(53)37-24-22-21-23-25-37)43-48(17,44(52)42(41(35(38)13)47(50,15)16)63-66(57-20,33(9)10)34(11)12)39(62-65(56-19,31(5)6)32(7)8)26-40-49(43,28-58-40)60-36(14)51/h21-25,29-34,38-40,42-43,45,54H,26-28H2,1-20H3/t38-,39-,40?,42+,43?,45-,48+,49-,50+/m0/s1. The van der Waals surface area contributed by atoms with Gasteiger partial charge in [-0.2, -0.15) is 0 Å². The van der Waals surface area contributed by atoms with Crippen LogP contribution in [0, 0.1) is 16.7 Å². The predicted octanol–water partition coefficient (Wildman–Crippen LogP) is 9.88. The molecule has 2 saturated carbocycles. The van der Waals surface area contributed by atoms with Crippen molar-refractivity contribution in [2.24, 2.45) is 16.7 Å². The summed E-state index contributed by atoms with van der Waals surface area (Å²) in [6.07, 6.45) is -5.32. The smallest absolute Gasteiger partial charge is 0.344 e. The molecular weight excluding hydrogens is 893 g/mol. The lowest BCUT2D eigenvalue weighted by Crippen LogP contribution is -2.82. The fourth-order valence-corrected chi connectivity index (χ4v) is 23.8. The van der Waals surface area contributed by atoms with Crippen LogP contribution < -0.4 is 0 Å². The van der Waals surface area contributed by atoms with Gasteiger partial charge in [-0.15, -0.1) is 0 Å². The third-order valence-corrected chi connectivity index (χ3v) is 30.1.